The molecule has 0 amide bonds. The molecule has 0 aliphatic carbocycles. The number of rotatable bonds is 3. The minimum atomic E-state index is -0.290. The first-order valence-corrected chi connectivity index (χ1v) is 6.73. The van der Waals surface area contributed by atoms with Crippen molar-refractivity contribution in [2.45, 2.75) is 10.1 Å². The standard InChI is InChI=1S/C12H7ClFN5S/c13-10-16-11(19-6-5-15-7-19)18-12(17-10)20-9-3-1-8(14)2-4-9/h1-7H. The van der Waals surface area contributed by atoms with E-state index in [4.69, 9.17) is 11.6 Å². The fourth-order valence-electron chi connectivity index (χ4n) is 1.47. The Morgan fingerprint density at radius 1 is 1.10 bits per heavy atom. The van der Waals surface area contributed by atoms with E-state index in [-0.39, 0.29) is 11.1 Å². The number of nitrogens with zero attached hydrogens (tertiary/aromatic N) is 5. The maximum atomic E-state index is 12.9. The highest BCUT2D eigenvalue weighted by molar-refractivity contribution is 7.99. The zero-order chi connectivity index (χ0) is 13.9. The topological polar surface area (TPSA) is 56.5 Å². The zero-order valence-corrected chi connectivity index (χ0v) is 11.5. The lowest BCUT2D eigenvalue weighted by Crippen LogP contribution is -2.02. The summed E-state index contributed by atoms with van der Waals surface area (Å²) < 4.78 is 14.5. The number of hydrogen-bond donors (Lipinski definition) is 0. The SMILES string of the molecule is Fc1ccc(Sc2nc(Cl)nc(-n3ccnc3)n2)cc1. The normalized spacial score (nSPS) is 10.7. The summed E-state index contributed by atoms with van der Waals surface area (Å²) in [4.78, 5) is 17.1. The molecule has 0 atom stereocenters. The highest BCUT2D eigenvalue weighted by atomic mass is 35.5. The summed E-state index contributed by atoms with van der Waals surface area (Å²) in [6.07, 6.45) is 4.89. The van der Waals surface area contributed by atoms with E-state index in [9.17, 15) is 4.39 Å². The summed E-state index contributed by atoms with van der Waals surface area (Å²) in [6, 6.07) is 6.05. The van der Waals surface area contributed by atoms with Gasteiger partial charge in [-0.25, -0.2) is 9.37 Å². The van der Waals surface area contributed by atoms with Crippen LogP contribution < -0.4 is 0 Å². The van der Waals surface area contributed by atoms with Gasteiger partial charge in [0.25, 0.3) is 0 Å². The lowest BCUT2D eigenvalue weighted by Gasteiger charge is -2.04. The molecule has 8 heteroatoms. The molecule has 0 unspecified atom stereocenters. The summed E-state index contributed by atoms with van der Waals surface area (Å²) in [5, 5.41) is 0.522. The van der Waals surface area contributed by atoms with Gasteiger partial charge in [0.05, 0.1) is 0 Å². The highest BCUT2D eigenvalue weighted by Crippen LogP contribution is 2.25. The van der Waals surface area contributed by atoms with Gasteiger partial charge in [-0.2, -0.15) is 15.0 Å². The van der Waals surface area contributed by atoms with Crippen LogP contribution in [0.25, 0.3) is 5.95 Å². The van der Waals surface area contributed by atoms with Crippen molar-refractivity contribution in [2.75, 3.05) is 0 Å². The van der Waals surface area contributed by atoms with Crippen LogP contribution in [0.1, 0.15) is 0 Å². The van der Waals surface area contributed by atoms with Crippen LogP contribution in [-0.4, -0.2) is 24.5 Å². The minimum Gasteiger partial charge on any atom is -0.274 e. The van der Waals surface area contributed by atoms with Crippen LogP contribution in [0.4, 0.5) is 4.39 Å². The van der Waals surface area contributed by atoms with Gasteiger partial charge in [0.1, 0.15) is 12.1 Å². The molecule has 2 heterocycles. The van der Waals surface area contributed by atoms with Crippen molar-refractivity contribution in [3.8, 4) is 5.95 Å². The molecule has 20 heavy (non-hydrogen) atoms. The van der Waals surface area contributed by atoms with Crippen LogP contribution in [0.2, 0.25) is 5.28 Å². The van der Waals surface area contributed by atoms with Crippen molar-refractivity contribution in [2.24, 2.45) is 0 Å². The van der Waals surface area contributed by atoms with Crippen LogP contribution in [-0.2, 0) is 0 Å². The molecule has 0 aliphatic rings. The van der Waals surface area contributed by atoms with E-state index in [1.807, 2.05) is 0 Å². The van der Waals surface area contributed by atoms with Crippen molar-refractivity contribution < 1.29 is 4.39 Å². The summed E-state index contributed by atoms with van der Waals surface area (Å²) in [5.74, 6) is 0.0919. The molecular formula is C12H7ClFN5S. The number of halogens is 2. The van der Waals surface area contributed by atoms with E-state index in [0.29, 0.717) is 11.1 Å². The Kier molecular flexibility index (Phi) is 3.62. The maximum absolute atomic E-state index is 12.9. The van der Waals surface area contributed by atoms with Crippen LogP contribution in [0, 0.1) is 5.82 Å². The molecule has 0 bridgehead atoms. The van der Waals surface area contributed by atoms with Crippen molar-refractivity contribution in [3.63, 3.8) is 0 Å². The van der Waals surface area contributed by atoms with Crippen molar-refractivity contribution >= 4 is 23.4 Å². The summed E-state index contributed by atoms with van der Waals surface area (Å²) in [5.41, 5.74) is 0. The van der Waals surface area contributed by atoms with Crippen LogP contribution >= 0.6 is 23.4 Å². The molecule has 0 spiro atoms. The molecule has 100 valence electrons. The monoisotopic (exact) mass is 307 g/mol. The fourth-order valence-corrected chi connectivity index (χ4v) is 2.42. The zero-order valence-electron chi connectivity index (χ0n) is 9.94. The fraction of sp³-hybridized carbons (Fsp3) is 0. The number of benzene rings is 1. The first-order chi connectivity index (χ1) is 9.70. The largest absolute Gasteiger partial charge is 0.274 e. The minimum absolute atomic E-state index is 0.0910. The predicted molar refractivity (Wildman–Crippen MR) is 72.5 cm³/mol. The lowest BCUT2D eigenvalue weighted by molar-refractivity contribution is 0.626. The third-order valence-corrected chi connectivity index (χ3v) is 3.38. The average molecular weight is 308 g/mol. The molecule has 0 N–H and O–H groups in total. The summed E-state index contributed by atoms with van der Waals surface area (Å²) in [7, 11) is 0. The third-order valence-electron chi connectivity index (χ3n) is 2.33. The number of aromatic nitrogens is 5. The molecule has 0 saturated heterocycles. The summed E-state index contributed by atoms with van der Waals surface area (Å²) in [6.45, 7) is 0. The van der Waals surface area contributed by atoms with Crippen LogP contribution in [0.15, 0.2) is 53.0 Å². The Labute approximate surface area is 122 Å². The van der Waals surface area contributed by atoms with E-state index in [2.05, 4.69) is 19.9 Å². The van der Waals surface area contributed by atoms with Crippen molar-refractivity contribution in [3.05, 3.63) is 54.1 Å². The molecule has 1 aromatic carbocycles. The third kappa shape index (κ3) is 2.94. The second kappa shape index (κ2) is 5.56. The van der Waals surface area contributed by atoms with E-state index in [1.54, 1.807) is 35.4 Å². The second-order valence-electron chi connectivity index (χ2n) is 3.71. The Balaban J connectivity index is 1.92. The molecule has 2 aromatic heterocycles. The molecule has 0 aliphatic heterocycles. The van der Waals surface area contributed by atoms with Gasteiger partial charge < -0.3 is 0 Å². The molecule has 0 fully saturated rings. The highest BCUT2D eigenvalue weighted by Gasteiger charge is 2.08. The molecule has 3 aromatic rings. The first kappa shape index (κ1) is 13.0. The van der Waals surface area contributed by atoms with Crippen LogP contribution in [0.3, 0.4) is 0 Å². The van der Waals surface area contributed by atoms with Crippen molar-refractivity contribution in [1.82, 2.24) is 24.5 Å². The summed E-state index contributed by atoms with van der Waals surface area (Å²) >= 11 is 7.16. The van der Waals surface area contributed by atoms with E-state index >= 15 is 0 Å². The van der Waals surface area contributed by atoms with Gasteiger partial charge >= 0.3 is 0 Å². The quantitative estimate of drug-likeness (QED) is 0.744. The second-order valence-corrected chi connectivity index (χ2v) is 5.09. The van der Waals surface area contributed by atoms with Gasteiger partial charge in [-0.3, -0.25) is 4.57 Å². The predicted octanol–water partition coefficient (Wildman–Crippen LogP) is 3.00. The molecule has 0 saturated carbocycles. The average Bonchev–Trinajstić information content (AvgIpc) is 2.95. The van der Waals surface area contributed by atoms with Gasteiger partial charge in [-0.15, -0.1) is 0 Å². The van der Waals surface area contributed by atoms with Gasteiger partial charge in [0.15, 0.2) is 5.16 Å². The maximum Gasteiger partial charge on any atom is 0.240 e. The first-order valence-electron chi connectivity index (χ1n) is 5.54. The Bertz CT molecular complexity index is 717. The molecule has 0 radical (unpaired) electrons. The van der Waals surface area contributed by atoms with E-state index in [1.165, 1.54) is 23.9 Å². The van der Waals surface area contributed by atoms with E-state index in [0.717, 1.165) is 4.90 Å². The van der Waals surface area contributed by atoms with Gasteiger partial charge in [0.2, 0.25) is 11.2 Å². The Morgan fingerprint density at radius 3 is 2.60 bits per heavy atom. The molecular weight excluding hydrogens is 301 g/mol. The van der Waals surface area contributed by atoms with Gasteiger partial charge in [-0.1, -0.05) is 0 Å². The van der Waals surface area contributed by atoms with Gasteiger partial charge in [-0.05, 0) is 47.6 Å². The number of imidazole rings is 1. The molecule has 3 rings (SSSR count). The Morgan fingerprint density at radius 2 is 1.90 bits per heavy atom. The smallest absolute Gasteiger partial charge is 0.240 e. The lowest BCUT2D eigenvalue weighted by atomic mass is 10.4. The van der Waals surface area contributed by atoms with E-state index < -0.39 is 0 Å². The van der Waals surface area contributed by atoms with Crippen LogP contribution in [0.5, 0.6) is 0 Å². The number of hydrogen-bond acceptors (Lipinski definition) is 5. The van der Waals surface area contributed by atoms with Gasteiger partial charge in [0, 0.05) is 17.3 Å². The molecule has 5 nitrogen and oxygen atoms in total. The Hall–Kier alpha value is -1.99. The van der Waals surface area contributed by atoms with Crippen molar-refractivity contribution in [1.29, 1.82) is 0 Å².